The minimum absolute atomic E-state index is 0.0110. The van der Waals surface area contributed by atoms with Crippen LogP contribution in [0.4, 0.5) is 0 Å². The van der Waals surface area contributed by atoms with Gasteiger partial charge in [-0.25, -0.2) is 0 Å². The molecule has 2 aliphatic rings. The van der Waals surface area contributed by atoms with Gasteiger partial charge in [-0.1, -0.05) is 6.07 Å². The molecule has 136 valence electrons. The van der Waals surface area contributed by atoms with Crippen LogP contribution in [0.5, 0.6) is 5.75 Å². The first-order valence-corrected chi connectivity index (χ1v) is 8.45. The standard InChI is InChI=1S/C18H24N2O5/c1-12-3-4-15(16(5-12)24-2)18(23)20-7-13-6-19(9-17(21)22)8-14(20)11-25-10-13/h3-5,13-14H,6-11H2,1-2H3,(H,21,22)/t13-,14-/m0/s1. The third-order valence-electron chi connectivity index (χ3n) is 4.75. The number of carboxylic acids is 1. The molecule has 1 aromatic carbocycles. The molecule has 1 N–H and O–H groups in total. The summed E-state index contributed by atoms with van der Waals surface area (Å²) in [6, 6.07) is 5.38. The highest BCUT2D eigenvalue weighted by Gasteiger charge is 2.37. The van der Waals surface area contributed by atoms with E-state index in [1.54, 1.807) is 13.2 Å². The van der Waals surface area contributed by atoms with Crippen molar-refractivity contribution < 1.29 is 24.2 Å². The Labute approximate surface area is 147 Å². The number of hydrogen-bond acceptors (Lipinski definition) is 5. The summed E-state index contributed by atoms with van der Waals surface area (Å²) in [6.07, 6.45) is 0. The Morgan fingerprint density at radius 3 is 2.80 bits per heavy atom. The van der Waals surface area contributed by atoms with Crippen molar-refractivity contribution in [1.82, 2.24) is 9.80 Å². The van der Waals surface area contributed by atoms with Crippen LogP contribution in [0, 0.1) is 12.8 Å². The van der Waals surface area contributed by atoms with Gasteiger partial charge in [-0.05, 0) is 24.6 Å². The monoisotopic (exact) mass is 348 g/mol. The normalized spacial score (nSPS) is 23.8. The highest BCUT2D eigenvalue weighted by atomic mass is 16.5. The van der Waals surface area contributed by atoms with Crippen LogP contribution in [-0.2, 0) is 9.53 Å². The predicted molar refractivity (Wildman–Crippen MR) is 90.9 cm³/mol. The number of carbonyl (C=O) groups excluding carboxylic acids is 1. The Kier molecular flexibility index (Phi) is 5.24. The Bertz CT molecular complexity index is 663. The van der Waals surface area contributed by atoms with Crippen molar-refractivity contribution in [3.63, 3.8) is 0 Å². The summed E-state index contributed by atoms with van der Waals surface area (Å²) >= 11 is 0. The van der Waals surface area contributed by atoms with Gasteiger partial charge < -0.3 is 19.5 Å². The molecule has 2 saturated heterocycles. The van der Waals surface area contributed by atoms with Crippen LogP contribution < -0.4 is 4.74 Å². The third kappa shape index (κ3) is 3.93. The molecule has 7 nitrogen and oxygen atoms in total. The first-order chi connectivity index (χ1) is 12.0. The van der Waals surface area contributed by atoms with Crippen LogP contribution in [0.15, 0.2) is 18.2 Å². The Hall–Kier alpha value is -2.12. The first-order valence-electron chi connectivity index (χ1n) is 8.45. The number of hydrogen-bond donors (Lipinski definition) is 1. The van der Waals surface area contributed by atoms with Crippen molar-refractivity contribution in [3.8, 4) is 5.75 Å². The lowest BCUT2D eigenvalue weighted by Gasteiger charge is -2.31. The third-order valence-corrected chi connectivity index (χ3v) is 4.75. The van der Waals surface area contributed by atoms with Gasteiger partial charge in [0.1, 0.15) is 5.75 Å². The van der Waals surface area contributed by atoms with E-state index in [1.807, 2.05) is 28.9 Å². The number of ether oxygens (including phenoxy) is 2. The molecular formula is C18H24N2O5. The zero-order valence-electron chi connectivity index (χ0n) is 14.6. The molecule has 2 aliphatic heterocycles. The predicted octanol–water partition coefficient (Wildman–Crippen LogP) is 0.861. The second-order valence-electron chi connectivity index (χ2n) is 6.81. The average Bonchev–Trinajstić information content (AvgIpc) is 2.84. The molecule has 0 spiro atoms. The fraction of sp³-hybridized carbons (Fsp3) is 0.556. The highest BCUT2D eigenvalue weighted by Crippen LogP contribution is 2.26. The smallest absolute Gasteiger partial charge is 0.317 e. The van der Waals surface area contributed by atoms with Crippen molar-refractivity contribution in [2.45, 2.75) is 13.0 Å². The SMILES string of the molecule is COc1cc(C)ccc1C(=O)N1C[C@H]2COC[C@@H]1CN(CC(=O)O)C2. The second-order valence-corrected chi connectivity index (χ2v) is 6.81. The van der Waals surface area contributed by atoms with Gasteiger partial charge in [0.05, 0.1) is 38.5 Å². The minimum Gasteiger partial charge on any atom is -0.496 e. The number of rotatable bonds is 4. The molecule has 2 atom stereocenters. The van der Waals surface area contributed by atoms with E-state index >= 15 is 0 Å². The molecule has 0 radical (unpaired) electrons. The van der Waals surface area contributed by atoms with Gasteiger partial charge in [-0.15, -0.1) is 0 Å². The van der Waals surface area contributed by atoms with E-state index in [-0.39, 0.29) is 24.4 Å². The number of carbonyl (C=O) groups is 2. The van der Waals surface area contributed by atoms with E-state index in [2.05, 4.69) is 0 Å². The quantitative estimate of drug-likeness (QED) is 0.869. The molecule has 25 heavy (non-hydrogen) atoms. The number of methoxy groups -OCH3 is 1. The molecule has 1 amide bonds. The van der Waals surface area contributed by atoms with Crippen LogP contribution in [0.2, 0.25) is 0 Å². The molecule has 0 aromatic heterocycles. The first kappa shape index (κ1) is 17.7. The number of benzene rings is 1. The fourth-order valence-corrected chi connectivity index (χ4v) is 3.64. The van der Waals surface area contributed by atoms with E-state index in [4.69, 9.17) is 14.6 Å². The molecule has 0 saturated carbocycles. The maximum absolute atomic E-state index is 13.2. The Morgan fingerprint density at radius 1 is 1.28 bits per heavy atom. The number of amides is 1. The van der Waals surface area contributed by atoms with Crippen molar-refractivity contribution in [2.24, 2.45) is 5.92 Å². The second kappa shape index (κ2) is 7.41. The lowest BCUT2D eigenvalue weighted by Crippen LogP contribution is -2.47. The fourth-order valence-electron chi connectivity index (χ4n) is 3.64. The van der Waals surface area contributed by atoms with Gasteiger partial charge in [0, 0.05) is 25.6 Å². The van der Waals surface area contributed by atoms with Crippen LogP contribution >= 0.6 is 0 Å². The lowest BCUT2D eigenvalue weighted by molar-refractivity contribution is -0.138. The van der Waals surface area contributed by atoms with Gasteiger partial charge in [0.2, 0.25) is 0 Å². The van der Waals surface area contributed by atoms with Crippen LogP contribution in [-0.4, -0.2) is 79.3 Å². The van der Waals surface area contributed by atoms with Crippen molar-refractivity contribution in [2.75, 3.05) is 46.5 Å². The van der Waals surface area contributed by atoms with Gasteiger partial charge in [-0.2, -0.15) is 0 Å². The summed E-state index contributed by atoms with van der Waals surface area (Å²) in [6.45, 7) is 4.60. The van der Waals surface area contributed by atoms with Crippen molar-refractivity contribution >= 4 is 11.9 Å². The average molecular weight is 348 g/mol. The van der Waals surface area contributed by atoms with Gasteiger partial charge in [0.15, 0.2) is 0 Å². The zero-order chi connectivity index (χ0) is 18.0. The van der Waals surface area contributed by atoms with Crippen LogP contribution in [0.25, 0.3) is 0 Å². The topological polar surface area (TPSA) is 79.3 Å². The van der Waals surface area contributed by atoms with Crippen LogP contribution in [0.1, 0.15) is 15.9 Å². The molecule has 2 fully saturated rings. The maximum atomic E-state index is 13.2. The van der Waals surface area contributed by atoms with Gasteiger partial charge in [-0.3, -0.25) is 14.5 Å². The molecule has 3 rings (SSSR count). The maximum Gasteiger partial charge on any atom is 0.317 e. The summed E-state index contributed by atoms with van der Waals surface area (Å²) in [5.74, 6) is -0.271. The van der Waals surface area contributed by atoms with Crippen LogP contribution in [0.3, 0.4) is 0 Å². The number of aryl methyl sites for hydroxylation is 1. The molecule has 2 bridgehead atoms. The summed E-state index contributed by atoms with van der Waals surface area (Å²) in [7, 11) is 1.56. The number of carboxylic acid groups (broad SMARTS) is 1. The molecule has 7 heteroatoms. The zero-order valence-corrected chi connectivity index (χ0v) is 14.6. The van der Waals surface area contributed by atoms with Crippen molar-refractivity contribution in [3.05, 3.63) is 29.3 Å². The van der Waals surface area contributed by atoms with Gasteiger partial charge in [0.25, 0.3) is 5.91 Å². The molecule has 0 unspecified atom stereocenters. The molecular weight excluding hydrogens is 324 g/mol. The molecule has 2 heterocycles. The highest BCUT2D eigenvalue weighted by molar-refractivity contribution is 5.97. The summed E-state index contributed by atoms with van der Waals surface area (Å²) in [5, 5.41) is 9.10. The lowest BCUT2D eigenvalue weighted by atomic mass is 10.1. The summed E-state index contributed by atoms with van der Waals surface area (Å²) in [4.78, 5) is 28.0. The number of fused-ring (bicyclic) bond motifs is 3. The molecule has 1 aromatic rings. The minimum atomic E-state index is -0.848. The Balaban J connectivity index is 1.86. The summed E-state index contributed by atoms with van der Waals surface area (Å²) in [5.41, 5.74) is 1.56. The molecule has 0 aliphatic carbocycles. The van der Waals surface area contributed by atoms with E-state index in [0.29, 0.717) is 44.2 Å². The summed E-state index contributed by atoms with van der Waals surface area (Å²) < 4.78 is 11.1. The van der Waals surface area contributed by atoms with E-state index in [1.165, 1.54) is 0 Å². The number of aliphatic carboxylic acids is 1. The Morgan fingerprint density at radius 2 is 2.08 bits per heavy atom. The van der Waals surface area contributed by atoms with E-state index in [9.17, 15) is 9.59 Å². The van der Waals surface area contributed by atoms with Gasteiger partial charge >= 0.3 is 5.97 Å². The van der Waals surface area contributed by atoms with E-state index in [0.717, 1.165) is 5.56 Å². The largest absolute Gasteiger partial charge is 0.496 e. The number of nitrogens with zero attached hydrogens (tertiary/aromatic N) is 2. The van der Waals surface area contributed by atoms with Crippen molar-refractivity contribution in [1.29, 1.82) is 0 Å². The van der Waals surface area contributed by atoms with E-state index < -0.39 is 5.97 Å².